The molecule has 0 atom stereocenters. The maximum absolute atomic E-state index is 11.0. The zero-order valence-corrected chi connectivity index (χ0v) is 10.4. The molecule has 0 saturated heterocycles. The molecule has 0 aliphatic rings. The number of rotatable bonds is 1. The lowest BCUT2D eigenvalue weighted by Crippen LogP contribution is -1.95. The Morgan fingerprint density at radius 1 is 1.40 bits per heavy atom. The van der Waals surface area contributed by atoms with Crippen molar-refractivity contribution in [1.82, 2.24) is 4.98 Å². The Bertz CT molecular complexity index is 556. The van der Waals surface area contributed by atoms with Crippen LogP contribution in [-0.4, -0.2) is 10.2 Å². The summed E-state index contributed by atoms with van der Waals surface area (Å²) >= 11 is 14.7. The fourth-order valence-electron chi connectivity index (χ4n) is 1.27. The number of halogens is 3. The highest BCUT2D eigenvalue weighted by Gasteiger charge is 2.10. The molecule has 2 rings (SSSR count). The first kappa shape index (κ1) is 10.9. The fraction of sp³-hybridized carbons (Fsp3) is 0. The number of hydrogen-bond donors (Lipinski definition) is 0. The van der Waals surface area contributed by atoms with Crippen LogP contribution in [0.5, 0.6) is 0 Å². The molecule has 0 fully saturated rings. The minimum atomic E-state index is -0.616. The van der Waals surface area contributed by atoms with E-state index in [4.69, 9.17) is 23.2 Å². The van der Waals surface area contributed by atoms with Crippen molar-refractivity contribution in [2.24, 2.45) is 0 Å². The summed E-state index contributed by atoms with van der Waals surface area (Å²) in [6.07, 6.45) is 0. The van der Waals surface area contributed by atoms with Gasteiger partial charge in [0.1, 0.15) is 5.69 Å². The number of carbonyl (C=O) groups is 1. The van der Waals surface area contributed by atoms with Crippen molar-refractivity contribution in [2.45, 2.75) is 0 Å². The van der Waals surface area contributed by atoms with Gasteiger partial charge < -0.3 is 0 Å². The zero-order chi connectivity index (χ0) is 11.0. The Morgan fingerprint density at radius 2 is 2.13 bits per heavy atom. The second-order valence-corrected chi connectivity index (χ2v) is 4.50. The van der Waals surface area contributed by atoms with Crippen molar-refractivity contribution in [2.75, 3.05) is 0 Å². The van der Waals surface area contributed by atoms with E-state index in [2.05, 4.69) is 20.9 Å². The quantitative estimate of drug-likeness (QED) is 0.745. The van der Waals surface area contributed by atoms with Gasteiger partial charge in [0.2, 0.25) is 0 Å². The maximum Gasteiger partial charge on any atom is 0.270 e. The predicted molar refractivity (Wildman–Crippen MR) is 64.6 cm³/mol. The van der Waals surface area contributed by atoms with Crippen LogP contribution in [0.25, 0.3) is 10.9 Å². The second-order valence-electron chi connectivity index (χ2n) is 2.90. The van der Waals surface area contributed by atoms with Crippen LogP contribution in [-0.2, 0) is 0 Å². The van der Waals surface area contributed by atoms with Crippen LogP contribution in [0, 0.1) is 0 Å². The van der Waals surface area contributed by atoms with Gasteiger partial charge in [0.15, 0.2) is 0 Å². The first-order valence-electron chi connectivity index (χ1n) is 4.04. The van der Waals surface area contributed by atoms with Gasteiger partial charge in [-0.2, -0.15) is 0 Å². The lowest BCUT2D eigenvalue weighted by atomic mass is 10.2. The van der Waals surface area contributed by atoms with Gasteiger partial charge in [-0.3, -0.25) is 4.79 Å². The summed E-state index contributed by atoms with van der Waals surface area (Å²) in [5, 5.41) is 0.632. The van der Waals surface area contributed by atoms with E-state index >= 15 is 0 Å². The summed E-state index contributed by atoms with van der Waals surface area (Å²) in [5.74, 6) is 0. The number of fused-ring (bicyclic) bond motifs is 1. The molecule has 1 heterocycles. The van der Waals surface area contributed by atoms with E-state index in [1.54, 1.807) is 0 Å². The Kier molecular flexibility index (Phi) is 2.96. The SMILES string of the molecule is O=C(Cl)c1cc(Cl)c2cccc(Br)c2n1. The van der Waals surface area contributed by atoms with E-state index < -0.39 is 5.24 Å². The lowest BCUT2D eigenvalue weighted by Gasteiger charge is -2.03. The van der Waals surface area contributed by atoms with Crippen LogP contribution < -0.4 is 0 Å². The Labute approximate surface area is 104 Å². The number of nitrogens with zero attached hydrogens (tertiary/aromatic N) is 1. The number of pyridine rings is 1. The summed E-state index contributed by atoms with van der Waals surface area (Å²) in [6, 6.07) is 6.97. The van der Waals surface area contributed by atoms with E-state index in [1.165, 1.54) is 6.07 Å². The van der Waals surface area contributed by atoms with Gasteiger partial charge in [-0.05, 0) is 39.7 Å². The molecule has 0 aliphatic carbocycles. The van der Waals surface area contributed by atoms with Crippen LogP contribution in [0.1, 0.15) is 10.5 Å². The van der Waals surface area contributed by atoms with Crippen LogP contribution in [0.3, 0.4) is 0 Å². The molecule has 1 aromatic heterocycles. The predicted octanol–water partition coefficient (Wildman–Crippen LogP) is 4.03. The summed E-state index contributed by atoms with van der Waals surface area (Å²) in [6.45, 7) is 0. The Morgan fingerprint density at radius 3 is 2.80 bits per heavy atom. The van der Waals surface area contributed by atoms with Crippen molar-refractivity contribution in [3.63, 3.8) is 0 Å². The average molecular weight is 305 g/mol. The van der Waals surface area contributed by atoms with Gasteiger partial charge in [0, 0.05) is 9.86 Å². The molecule has 0 radical (unpaired) electrons. The molecule has 15 heavy (non-hydrogen) atoms. The normalized spacial score (nSPS) is 10.6. The minimum absolute atomic E-state index is 0.154. The zero-order valence-electron chi connectivity index (χ0n) is 7.30. The van der Waals surface area contributed by atoms with Gasteiger partial charge >= 0.3 is 0 Å². The standard InChI is InChI=1S/C10H4BrCl2NO/c11-6-3-1-2-5-7(12)4-8(10(13)15)14-9(5)6/h1-4H. The van der Waals surface area contributed by atoms with E-state index in [1.807, 2.05) is 18.2 Å². The summed E-state index contributed by atoms with van der Waals surface area (Å²) in [5.41, 5.74) is 0.787. The number of hydrogen-bond acceptors (Lipinski definition) is 2. The summed E-state index contributed by atoms with van der Waals surface area (Å²) in [4.78, 5) is 15.1. The highest BCUT2D eigenvalue weighted by molar-refractivity contribution is 9.10. The molecule has 5 heteroatoms. The molecule has 0 aliphatic heterocycles. The van der Waals surface area contributed by atoms with E-state index in [0.717, 1.165) is 9.86 Å². The third-order valence-corrected chi connectivity index (χ3v) is 3.09. The lowest BCUT2D eigenvalue weighted by molar-refractivity contribution is 0.107. The van der Waals surface area contributed by atoms with Gasteiger partial charge in [0.25, 0.3) is 5.24 Å². The minimum Gasteiger partial charge on any atom is -0.274 e. The van der Waals surface area contributed by atoms with E-state index in [9.17, 15) is 4.79 Å². The van der Waals surface area contributed by atoms with Gasteiger partial charge in [-0.1, -0.05) is 23.7 Å². The number of para-hydroxylation sites is 1. The Hall–Kier alpha value is -0.640. The van der Waals surface area contributed by atoms with Gasteiger partial charge in [0.05, 0.1) is 10.5 Å². The molecule has 0 spiro atoms. The van der Waals surface area contributed by atoms with E-state index in [-0.39, 0.29) is 5.69 Å². The largest absolute Gasteiger partial charge is 0.274 e. The van der Waals surface area contributed by atoms with Crippen LogP contribution in [0.4, 0.5) is 0 Å². The third-order valence-electron chi connectivity index (χ3n) is 1.94. The molecular formula is C10H4BrCl2NO. The first-order valence-corrected chi connectivity index (χ1v) is 5.59. The molecule has 2 nitrogen and oxygen atoms in total. The Balaban J connectivity index is 2.85. The fourth-order valence-corrected chi connectivity index (χ4v) is 2.08. The topological polar surface area (TPSA) is 30.0 Å². The molecule has 76 valence electrons. The molecule has 0 bridgehead atoms. The number of carbonyl (C=O) groups excluding carboxylic acids is 1. The summed E-state index contributed by atoms with van der Waals surface area (Å²) < 4.78 is 0.779. The average Bonchev–Trinajstić information content (AvgIpc) is 2.19. The third kappa shape index (κ3) is 2.00. The maximum atomic E-state index is 11.0. The molecule has 0 amide bonds. The summed E-state index contributed by atoms with van der Waals surface area (Å²) in [7, 11) is 0. The molecule has 1 aromatic carbocycles. The van der Waals surface area contributed by atoms with Crippen molar-refractivity contribution < 1.29 is 4.79 Å². The monoisotopic (exact) mass is 303 g/mol. The van der Waals surface area contributed by atoms with Crippen LogP contribution >= 0.6 is 39.1 Å². The molecule has 0 unspecified atom stereocenters. The van der Waals surface area contributed by atoms with Crippen LogP contribution in [0.15, 0.2) is 28.7 Å². The van der Waals surface area contributed by atoms with Crippen molar-refractivity contribution in [3.05, 3.63) is 39.5 Å². The smallest absolute Gasteiger partial charge is 0.270 e. The van der Waals surface area contributed by atoms with E-state index in [0.29, 0.717) is 10.5 Å². The molecular weight excluding hydrogens is 301 g/mol. The highest BCUT2D eigenvalue weighted by Crippen LogP contribution is 2.28. The van der Waals surface area contributed by atoms with Crippen LogP contribution in [0.2, 0.25) is 5.02 Å². The van der Waals surface area contributed by atoms with Crippen molar-refractivity contribution >= 4 is 55.3 Å². The van der Waals surface area contributed by atoms with Crippen molar-refractivity contribution in [3.8, 4) is 0 Å². The second kappa shape index (κ2) is 4.08. The van der Waals surface area contributed by atoms with Gasteiger partial charge in [-0.25, -0.2) is 4.98 Å². The molecule has 2 aromatic rings. The first-order chi connectivity index (χ1) is 7.09. The van der Waals surface area contributed by atoms with Crippen molar-refractivity contribution in [1.29, 1.82) is 0 Å². The highest BCUT2D eigenvalue weighted by atomic mass is 79.9. The van der Waals surface area contributed by atoms with Gasteiger partial charge in [-0.15, -0.1) is 0 Å². The number of aromatic nitrogens is 1. The number of benzene rings is 1. The molecule has 0 N–H and O–H groups in total. The molecule has 0 saturated carbocycles.